The first-order valence-corrected chi connectivity index (χ1v) is 12.3. The molecule has 0 fully saturated rings. The number of aryl methyl sites for hydroxylation is 1. The number of thioether (sulfide) groups is 1. The van der Waals surface area contributed by atoms with Crippen molar-refractivity contribution in [3.05, 3.63) is 88.3 Å². The number of carbonyl (C=O) groups excluding carboxylic acids is 1. The van der Waals surface area contributed by atoms with Gasteiger partial charge in [-0.3, -0.25) is 9.59 Å². The van der Waals surface area contributed by atoms with E-state index in [9.17, 15) is 9.59 Å². The number of amides is 1. The van der Waals surface area contributed by atoms with Gasteiger partial charge in [-0.2, -0.15) is 0 Å². The van der Waals surface area contributed by atoms with Gasteiger partial charge in [0, 0.05) is 11.9 Å². The molecule has 0 bridgehead atoms. The summed E-state index contributed by atoms with van der Waals surface area (Å²) in [5, 5.41) is 3.52. The maximum Gasteiger partial charge on any atom is 0.267 e. The topological polar surface area (TPSA) is 76.9 Å². The van der Waals surface area contributed by atoms with E-state index in [1.807, 2.05) is 56.3 Å². The molecule has 0 aliphatic carbocycles. The van der Waals surface area contributed by atoms with Crippen LogP contribution in [-0.2, 0) is 4.79 Å². The third kappa shape index (κ3) is 4.89. The van der Waals surface area contributed by atoms with Gasteiger partial charge in [-0.05, 0) is 61.6 Å². The van der Waals surface area contributed by atoms with Gasteiger partial charge in [0.25, 0.3) is 5.56 Å². The molecule has 174 valence electrons. The van der Waals surface area contributed by atoms with E-state index < -0.39 is 5.25 Å². The number of benzene rings is 2. The van der Waals surface area contributed by atoms with Gasteiger partial charge in [0.05, 0.1) is 16.2 Å². The number of rotatable bonds is 7. The van der Waals surface area contributed by atoms with Crippen molar-refractivity contribution < 1.29 is 4.79 Å². The van der Waals surface area contributed by atoms with Gasteiger partial charge in [0.1, 0.15) is 5.82 Å². The average Bonchev–Trinajstić information content (AvgIpc) is 2.85. The van der Waals surface area contributed by atoms with Crippen LogP contribution in [-0.4, -0.2) is 25.7 Å². The fourth-order valence-corrected chi connectivity index (χ4v) is 4.61. The van der Waals surface area contributed by atoms with Gasteiger partial charge < -0.3 is 5.32 Å². The molecular formula is C27H28N4O2S. The van der Waals surface area contributed by atoms with Crippen molar-refractivity contribution >= 4 is 34.3 Å². The number of nitrogens with zero attached hydrogens (tertiary/aromatic N) is 3. The van der Waals surface area contributed by atoms with Crippen LogP contribution in [0.25, 0.3) is 16.7 Å². The number of carbonyl (C=O) groups is 1. The Kier molecular flexibility index (Phi) is 7.12. The van der Waals surface area contributed by atoms with Crippen molar-refractivity contribution in [2.45, 2.75) is 50.4 Å². The Hall–Kier alpha value is -3.45. The molecule has 2 unspecified atom stereocenters. The molecule has 1 amide bonds. The van der Waals surface area contributed by atoms with Crippen molar-refractivity contribution in [2.75, 3.05) is 5.32 Å². The van der Waals surface area contributed by atoms with Crippen molar-refractivity contribution in [1.82, 2.24) is 14.5 Å². The Bertz CT molecular complexity index is 1380. The summed E-state index contributed by atoms with van der Waals surface area (Å²) in [4.78, 5) is 35.7. The smallest absolute Gasteiger partial charge is 0.267 e. The predicted molar refractivity (Wildman–Crippen MR) is 139 cm³/mol. The maximum atomic E-state index is 13.4. The second-order valence-corrected chi connectivity index (χ2v) is 9.70. The third-order valence-corrected chi connectivity index (χ3v) is 6.94. The predicted octanol–water partition coefficient (Wildman–Crippen LogP) is 5.72. The Balaban J connectivity index is 1.69. The molecule has 0 saturated heterocycles. The van der Waals surface area contributed by atoms with E-state index in [1.54, 1.807) is 24.4 Å². The molecule has 0 aliphatic heterocycles. The number of pyridine rings is 1. The van der Waals surface area contributed by atoms with E-state index in [0.29, 0.717) is 27.8 Å². The van der Waals surface area contributed by atoms with Gasteiger partial charge >= 0.3 is 0 Å². The molecule has 1 N–H and O–H groups in total. The first-order chi connectivity index (χ1) is 16.4. The molecular weight excluding hydrogens is 444 g/mol. The van der Waals surface area contributed by atoms with E-state index >= 15 is 0 Å². The lowest BCUT2D eigenvalue weighted by molar-refractivity contribution is -0.115. The van der Waals surface area contributed by atoms with Crippen LogP contribution in [0.1, 0.15) is 44.2 Å². The zero-order valence-corrected chi connectivity index (χ0v) is 20.6. The third-order valence-electron chi connectivity index (χ3n) is 5.88. The summed E-state index contributed by atoms with van der Waals surface area (Å²) in [6, 6.07) is 18.8. The molecule has 6 nitrogen and oxygen atoms in total. The molecule has 2 heterocycles. The number of fused-ring (bicyclic) bond motifs is 1. The van der Waals surface area contributed by atoms with Crippen LogP contribution in [0.2, 0.25) is 0 Å². The molecule has 0 aliphatic rings. The molecule has 4 aromatic rings. The lowest BCUT2D eigenvalue weighted by Gasteiger charge is -2.19. The number of aromatic nitrogens is 3. The molecule has 0 radical (unpaired) electrons. The summed E-state index contributed by atoms with van der Waals surface area (Å²) in [6.45, 7) is 8.04. The van der Waals surface area contributed by atoms with Crippen molar-refractivity contribution in [1.29, 1.82) is 0 Å². The highest BCUT2D eigenvalue weighted by atomic mass is 32.2. The fraction of sp³-hybridized carbons (Fsp3) is 0.259. The molecule has 34 heavy (non-hydrogen) atoms. The summed E-state index contributed by atoms with van der Waals surface area (Å²) in [5.74, 6) is 0.664. The highest BCUT2D eigenvalue weighted by molar-refractivity contribution is 8.00. The highest BCUT2D eigenvalue weighted by Gasteiger charge is 2.22. The van der Waals surface area contributed by atoms with Crippen LogP contribution in [0.3, 0.4) is 0 Å². The summed E-state index contributed by atoms with van der Waals surface area (Å²) >= 11 is 1.25. The van der Waals surface area contributed by atoms with Crippen LogP contribution in [0, 0.1) is 6.92 Å². The molecule has 0 saturated carbocycles. The van der Waals surface area contributed by atoms with Crippen LogP contribution in [0.15, 0.2) is 76.8 Å². The highest BCUT2D eigenvalue weighted by Crippen LogP contribution is 2.29. The van der Waals surface area contributed by atoms with E-state index in [4.69, 9.17) is 4.98 Å². The quantitative estimate of drug-likeness (QED) is 0.275. The number of anilines is 1. The van der Waals surface area contributed by atoms with E-state index in [0.717, 1.165) is 23.2 Å². The lowest BCUT2D eigenvalue weighted by atomic mass is 9.97. The molecule has 2 atom stereocenters. The van der Waals surface area contributed by atoms with Gasteiger partial charge in [-0.15, -0.1) is 0 Å². The van der Waals surface area contributed by atoms with Crippen molar-refractivity contribution in [2.24, 2.45) is 0 Å². The summed E-state index contributed by atoms with van der Waals surface area (Å²) < 4.78 is 1.49. The fourth-order valence-electron chi connectivity index (χ4n) is 3.69. The first-order valence-electron chi connectivity index (χ1n) is 11.4. The molecule has 2 aromatic carbocycles. The zero-order valence-electron chi connectivity index (χ0n) is 19.8. The number of nitrogens with one attached hydrogen (secondary N) is 1. The van der Waals surface area contributed by atoms with Gasteiger partial charge in [-0.1, -0.05) is 62.0 Å². The van der Waals surface area contributed by atoms with E-state index in [1.165, 1.54) is 16.3 Å². The largest absolute Gasteiger partial charge is 0.325 e. The maximum absolute atomic E-state index is 13.4. The van der Waals surface area contributed by atoms with E-state index in [2.05, 4.69) is 24.1 Å². The van der Waals surface area contributed by atoms with Crippen LogP contribution in [0.5, 0.6) is 0 Å². The number of hydrogen-bond acceptors (Lipinski definition) is 5. The summed E-state index contributed by atoms with van der Waals surface area (Å²) in [7, 11) is 0. The summed E-state index contributed by atoms with van der Waals surface area (Å²) in [5.41, 5.74) is 3.30. The van der Waals surface area contributed by atoms with Crippen LogP contribution >= 0.6 is 11.8 Å². The van der Waals surface area contributed by atoms with Gasteiger partial charge in [0.15, 0.2) is 5.16 Å². The Morgan fingerprint density at radius 3 is 2.53 bits per heavy atom. The normalized spacial score (nSPS) is 12.9. The second kappa shape index (κ2) is 10.2. The molecule has 0 spiro atoms. The van der Waals surface area contributed by atoms with Crippen LogP contribution < -0.4 is 10.9 Å². The second-order valence-electron chi connectivity index (χ2n) is 8.39. The van der Waals surface area contributed by atoms with Gasteiger partial charge in [-0.25, -0.2) is 14.5 Å². The van der Waals surface area contributed by atoms with Crippen molar-refractivity contribution in [3.8, 4) is 5.82 Å². The molecule has 4 rings (SSSR count). The minimum Gasteiger partial charge on any atom is -0.325 e. The summed E-state index contributed by atoms with van der Waals surface area (Å²) in [6.07, 6.45) is 2.70. The van der Waals surface area contributed by atoms with E-state index in [-0.39, 0.29) is 11.5 Å². The average molecular weight is 473 g/mol. The number of hydrogen-bond donors (Lipinski definition) is 1. The van der Waals surface area contributed by atoms with Crippen LogP contribution in [0.4, 0.5) is 5.69 Å². The minimum atomic E-state index is -0.491. The Labute approximate surface area is 203 Å². The minimum absolute atomic E-state index is 0.147. The zero-order chi connectivity index (χ0) is 24.2. The molecule has 7 heteroatoms. The number of para-hydroxylation sites is 2. The molecule has 2 aromatic heterocycles. The Morgan fingerprint density at radius 2 is 1.79 bits per heavy atom. The monoisotopic (exact) mass is 472 g/mol. The first kappa shape index (κ1) is 23.7. The standard InChI is InChI=1S/C27H28N4O2S/c1-5-18(3)20-10-6-8-12-22(20)29-25(32)19(4)34-27-30-23-13-9-7-11-21(23)26(33)31(27)24-15-14-17(2)16-28-24/h6-16,18-19H,5H2,1-4H3,(H,29,32). The van der Waals surface area contributed by atoms with Gasteiger partial charge in [0.2, 0.25) is 5.91 Å². The SMILES string of the molecule is CCC(C)c1ccccc1NC(=O)C(C)Sc1nc2ccccc2c(=O)n1-c1ccc(C)cn1. The lowest BCUT2D eigenvalue weighted by Crippen LogP contribution is -2.27. The Morgan fingerprint density at radius 1 is 1.06 bits per heavy atom. The van der Waals surface area contributed by atoms with Crippen molar-refractivity contribution in [3.63, 3.8) is 0 Å².